The van der Waals surface area contributed by atoms with Crippen molar-refractivity contribution in [3.63, 3.8) is 0 Å². The summed E-state index contributed by atoms with van der Waals surface area (Å²) in [4.78, 5) is 11.4. The molecule has 0 aliphatic carbocycles. The molecule has 0 heterocycles. The molecule has 0 aliphatic rings. The smallest absolute Gasteiger partial charge is 0.308 e. The van der Waals surface area contributed by atoms with E-state index in [9.17, 15) is 4.79 Å². The molecule has 0 spiro atoms. The van der Waals surface area contributed by atoms with Gasteiger partial charge in [-0.15, -0.1) is 0 Å². The molecule has 1 rings (SSSR count). The third-order valence-electron chi connectivity index (χ3n) is 2.96. The summed E-state index contributed by atoms with van der Waals surface area (Å²) in [5.74, 6) is -0.169. The van der Waals surface area contributed by atoms with Gasteiger partial charge in [0.2, 0.25) is 0 Å². The molecule has 19 heavy (non-hydrogen) atoms. The number of carbonyl (C=O) groups is 1. The number of hydrogen-bond acceptors (Lipinski definition) is 3. The zero-order chi connectivity index (χ0) is 13.9. The van der Waals surface area contributed by atoms with Crippen LogP contribution in [0.5, 0.6) is 0 Å². The molecular weight excluding hydrogens is 240 g/mol. The van der Waals surface area contributed by atoms with Crippen molar-refractivity contribution in [3.05, 3.63) is 35.9 Å². The minimum atomic E-state index is -0.169. The number of ether oxygens (including phenoxy) is 2. The van der Waals surface area contributed by atoms with Crippen molar-refractivity contribution in [1.82, 2.24) is 0 Å². The zero-order valence-corrected chi connectivity index (χ0v) is 11.9. The first-order valence-corrected chi connectivity index (χ1v) is 7.03. The Kier molecular flexibility index (Phi) is 7.91. The molecule has 0 bridgehead atoms. The van der Waals surface area contributed by atoms with E-state index in [2.05, 4.69) is 12.1 Å². The third-order valence-corrected chi connectivity index (χ3v) is 2.96. The maximum absolute atomic E-state index is 11.4. The Morgan fingerprint density at radius 1 is 1.21 bits per heavy atom. The van der Waals surface area contributed by atoms with Crippen LogP contribution in [0.1, 0.15) is 38.7 Å². The highest BCUT2D eigenvalue weighted by molar-refractivity contribution is 5.69. The fraction of sp³-hybridized carbons (Fsp3) is 0.562. The van der Waals surface area contributed by atoms with Crippen LogP contribution in [0.15, 0.2) is 30.3 Å². The Morgan fingerprint density at radius 2 is 1.95 bits per heavy atom. The molecule has 0 saturated carbocycles. The molecule has 1 atom stereocenters. The highest BCUT2D eigenvalue weighted by Crippen LogP contribution is 2.03. The van der Waals surface area contributed by atoms with E-state index < -0.39 is 0 Å². The molecule has 1 aromatic carbocycles. The lowest BCUT2D eigenvalue weighted by Crippen LogP contribution is -2.15. The monoisotopic (exact) mass is 264 g/mol. The van der Waals surface area contributed by atoms with Gasteiger partial charge in [-0.25, -0.2) is 0 Å². The van der Waals surface area contributed by atoms with E-state index in [1.54, 1.807) is 0 Å². The van der Waals surface area contributed by atoms with Crippen molar-refractivity contribution >= 4 is 5.97 Å². The summed E-state index contributed by atoms with van der Waals surface area (Å²) < 4.78 is 10.6. The lowest BCUT2D eigenvalue weighted by molar-refractivity contribution is -0.149. The molecule has 0 amide bonds. The Labute approximate surface area is 115 Å². The Bertz CT molecular complexity index is 348. The fourth-order valence-corrected chi connectivity index (χ4v) is 1.65. The Hall–Kier alpha value is -1.35. The van der Waals surface area contributed by atoms with Gasteiger partial charge in [-0.2, -0.15) is 0 Å². The van der Waals surface area contributed by atoms with E-state index in [4.69, 9.17) is 9.47 Å². The van der Waals surface area contributed by atoms with Gasteiger partial charge >= 0.3 is 5.97 Å². The topological polar surface area (TPSA) is 35.5 Å². The van der Waals surface area contributed by atoms with Crippen LogP contribution < -0.4 is 0 Å². The first-order valence-electron chi connectivity index (χ1n) is 7.03. The Morgan fingerprint density at radius 3 is 2.63 bits per heavy atom. The van der Waals surface area contributed by atoms with Crippen molar-refractivity contribution in [2.45, 2.75) is 45.6 Å². The molecule has 0 N–H and O–H groups in total. The second kappa shape index (κ2) is 9.56. The van der Waals surface area contributed by atoms with Crippen molar-refractivity contribution in [1.29, 1.82) is 0 Å². The molecule has 3 nitrogen and oxygen atoms in total. The van der Waals surface area contributed by atoms with Crippen LogP contribution >= 0.6 is 0 Å². The normalized spacial score (nSPS) is 12.1. The molecule has 0 fully saturated rings. The van der Waals surface area contributed by atoms with Gasteiger partial charge in [0.15, 0.2) is 0 Å². The largest absolute Gasteiger partial charge is 0.463 e. The molecule has 0 saturated heterocycles. The molecule has 3 heteroatoms. The average Bonchev–Trinajstić information content (AvgIpc) is 2.43. The van der Waals surface area contributed by atoms with E-state index in [0.29, 0.717) is 19.6 Å². The van der Waals surface area contributed by atoms with E-state index >= 15 is 0 Å². The summed E-state index contributed by atoms with van der Waals surface area (Å²) in [5.41, 5.74) is 1.32. The van der Waals surface area contributed by atoms with E-state index in [-0.39, 0.29) is 12.1 Å². The van der Waals surface area contributed by atoms with Gasteiger partial charge < -0.3 is 9.47 Å². The molecule has 0 radical (unpaired) electrons. The lowest BCUT2D eigenvalue weighted by Gasteiger charge is -2.10. The second-order valence-corrected chi connectivity index (χ2v) is 4.66. The number of carbonyl (C=O) groups excluding carboxylic acids is 1. The lowest BCUT2D eigenvalue weighted by atomic mass is 10.1. The van der Waals surface area contributed by atoms with Crippen LogP contribution in [0.2, 0.25) is 0 Å². The minimum Gasteiger partial charge on any atom is -0.463 e. The predicted octanol–water partition coefficient (Wildman–Crippen LogP) is 3.37. The van der Waals surface area contributed by atoms with Gasteiger partial charge in [0, 0.05) is 6.61 Å². The molecule has 106 valence electrons. The predicted molar refractivity (Wildman–Crippen MR) is 76.0 cm³/mol. The first kappa shape index (κ1) is 15.7. The van der Waals surface area contributed by atoms with Crippen molar-refractivity contribution in [2.75, 3.05) is 13.2 Å². The number of hydrogen-bond donors (Lipinski definition) is 0. The highest BCUT2D eigenvalue weighted by atomic mass is 16.5. The van der Waals surface area contributed by atoms with E-state index in [0.717, 1.165) is 19.3 Å². The maximum Gasteiger partial charge on any atom is 0.308 e. The Balaban J connectivity index is 1.98. The second-order valence-electron chi connectivity index (χ2n) is 4.66. The van der Waals surface area contributed by atoms with Crippen LogP contribution in [-0.4, -0.2) is 25.3 Å². The zero-order valence-electron chi connectivity index (χ0n) is 11.9. The number of rotatable bonds is 9. The van der Waals surface area contributed by atoms with E-state index in [1.165, 1.54) is 5.56 Å². The van der Waals surface area contributed by atoms with Crippen LogP contribution in [0.3, 0.4) is 0 Å². The first-order chi connectivity index (χ1) is 9.22. The highest BCUT2D eigenvalue weighted by Gasteiger charge is 2.06. The van der Waals surface area contributed by atoms with Crippen molar-refractivity contribution < 1.29 is 14.3 Å². The van der Waals surface area contributed by atoms with Crippen molar-refractivity contribution in [2.24, 2.45) is 0 Å². The third kappa shape index (κ3) is 7.62. The maximum atomic E-state index is 11.4. The van der Waals surface area contributed by atoms with Gasteiger partial charge in [0.05, 0.1) is 19.1 Å². The summed E-state index contributed by atoms with van der Waals surface area (Å²) in [5, 5.41) is 0. The van der Waals surface area contributed by atoms with Gasteiger partial charge in [0.25, 0.3) is 0 Å². The molecule has 1 aromatic rings. The SMILES string of the molecule is CCC(C)OC(=O)CCOCCCc1ccccc1. The van der Waals surface area contributed by atoms with Gasteiger partial charge in [-0.1, -0.05) is 37.3 Å². The van der Waals surface area contributed by atoms with Gasteiger partial charge in [-0.05, 0) is 31.7 Å². The number of aryl methyl sites for hydroxylation is 1. The molecule has 0 aliphatic heterocycles. The average molecular weight is 264 g/mol. The minimum absolute atomic E-state index is 0.00517. The quantitative estimate of drug-likeness (QED) is 0.507. The molecule has 0 aromatic heterocycles. The van der Waals surface area contributed by atoms with Crippen LogP contribution in [0, 0.1) is 0 Å². The summed E-state index contributed by atoms with van der Waals surface area (Å²) in [7, 11) is 0. The van der Waals surface area contributed by atoms with Gasteiger partial charge in [0.1, 0.15) is 0 Å². The summed E-state index contributed by atoms with van der Waals surface area (Å²) in [6, 6.07) is 10.3. The van der Waals surface area contributed by atoms with Crippen molar-refractivity contribution in [3.8, 4) is 0 Å². The summed E-state index contributed by atoms with van der Waals surface area (Å²) in [6.45, 7) is 5.03. The fourth-order valence-electron chi connectivity index (χ4n) is 1.65. The standard InChI is InChI=1S/C16H24O3/c1-3-14(2)19-16(17)11-13-18-12-7-10-15-8-5-4-6-9-15/h4-6,8-9,14H,3,7,10-13H2,1-2H3. The van der Waals surface area contributed by atoms with Crippen LogP contribution in [0.4, 0.5) is 0 Å². The summed E-state index contributed by atoms with van der Waals surface area (Å²) >= 11 is 0. The van der Waals surface area contributed by atoms with E-state index in [1.807, 2.05) is 32.0 Å². The summed E-state index contributed by atoms with van der Waals surface area (Å²) in [6.07, 6.45) is 3.19. The van der Waals surface area contributed by atoms with Gasteiger partial charge in [-0.3, -0.25) is 4.79 Å². The molecular formula is C16H24O3. The molecule has 1 unspecified atom stereocenters. The number of esters is 1. The number of benzene rings is 1. The van der Waals surface area contributed by atoms with Crippen LogP contribution in [-0.2, 0) is 20.7 Å². The van der Waals surface area contributed by atoms with Crippen LogP contribution in [0.25, 0.3) is 0 Å².